The molecule has 0 saturated carbocycles. The lowest BCUT2D eigenvalue weighted by molar-refractivity contribution is -0.153. The molecule has 0 bridgehead atoms. The first-order valence-electron chi connectivity index (χ1n) is 10.6. The highest BCUT2D eigenvalue weighted by Gasteiger charge is 2.49. The van der Waals surface area contributed by atoms with E-state index in [9.17, 15) is 34.8 Å². The van der Waals surface area contributed by atoms with Crippen LogP contribution in [-0.2, 0) is 20.7 Å². The largest absolute Gasteiger partial charge is 0.507 e. The molecule has 4 N–H and O–H groups in total. The first-order valence-corrected chi connectivity index (χ1v) is 10.6. The zero-order valence-electron chi connectivity index (χ0n) is 18.6. The lowest BCUT2D eigenvalue weighted by Gasteiger charge is -2.38. The van der Waals surface area contributed by atoms with Crippen LogP contribution in [0.2, 0.25) is 0 Å². The molecule has 0 aliphatic heterocycles. The van der Waals surface area contributed by atoms with Gasteiger partial charge in [-0.05, 0) is 13.0 Å². The molecule has 0 heterocycles. The van der Waals surface area contributed by atoms with E-state index in [1.54, 1.807) is 6.92 Å². The van der Waals surface area contributed by atoms with Crippen molar-refractivity contribution in [3.63, 3.8) is 0 Å². The second-order valence-corrected chi connectivity index (χ2v) is 8.14. The molecular weight excluding hydrogens is 448 g/mol. The second-order valence-electron chi connectivity index (χ2n) is 8.14. The number of aromatic hydroxyl groups is 2. The Kier molecular flexibility index (Phi) is 6.17. The Balaban J connectivity index is 1.97. The van der Waals surface area contributed by atoms with Gasteiger partial charge < -0.3 is 34.6 Å². The van der Waals surface area contributed by atoms with Crippen molar-refractivity contribution in [1.82, 2.24) is 0 Å². The van der Waals surface area contributed by atoms with E-state index in [1.807, 2.05) is 0 Å². The number of hydrogen-bond donors (Lipinski definition) is 4. The molecular formula is C24H24O10. The van der Waals surface area contributed by atoms with Crippen LogP contribution in [0.25, 0.3) is 0 Å². The van der Waals surface area contributed by atoms with Gasteiger partial charge in [0.25, 0.3) is 0 Å². The minimum absolute atomic E-state index is 0.0202. The summed E-state index contributed by atoms with van der Waals surface area (Å²) < 4.78 is 16.0. The van der Waals surface area contributed by atoms with Gasteiger partial charge in [-0.15, -0.1) is 0 Å². The summed E-state index contributed by atoms with van der Waals surface area (Å²) in [7, 11) is 1.34. The second kappa shape index (κ2) is 8.80. The fourth-order valence-electron chi connectivity index (χ4n) is 4.63. The minimum Gasteiger partial charge on any atom is -0.507 e. The van der Waals surface area contributed by atoms with Crippen LogP contribution in [0.5, 0.6) is 17.2 Å². The standard InChI is InChI=1S/C24H24O10/c1-3-33-10-34-14-8-24(31,15(26)9-25)7-12-17(14)23(30)19-18(21(12)28)20(27)11-5-4-6-13(32-2)16(11)22(19)29/h4-6,14,25,28,30-31H,3,7-10H2,1-2H3/t14-,24-/m0/s1. The number of phenolic OH excluding ortho intramolecular Hbond substituents is 2. The number of benzene rings is 2. The number of ether oxygens (including phenoxy) is 3. The highest BCUT2D eigenvalue weighted by molar-refractivity contribution is 6.31. The molecule has 2 aliphatic carbocycles. The third-order valence-corrected chi connectivity index (χ3v) is 6.30. The van der Waals surface area contributed by atoms with Crippen LogP contribution in [0, 0.1) is 0 Å². The molecule has 0 spiro atoms. The predicted octanol–water partition coefficient (Wildman–Crippen LogP) is 1.17. The highest BCUT2D eigenvalue weighted by atomic mass is 16.7. The van der Waals surface area contributed by atoms with Crippen molar-refractivity contribution in [3.05, 3.63) is 51.6 Å². The van der Waals surface area contributed by atoms with Crippen molar-refractivity contribution in [2.75, 3.05) is 27.1 Å². The number of ketones is 3. The zero-order valence-corrected chi connectivity index (χ0v) is 18.6. The smallest absolute Gasteiger partial charge is 0.202 e. The molecule has 0 amide bonds. The first kappa shape index (κ1) is 23.8. The number of hydrogen-bond acceptors (Lipinski definition) is 10. The van der Waals surface area contributed by atoms with Gasteiger partial charge in [0.15, 0.2) is 11.6 Å². The maximum atomic E-state index is 13.4. The quantitative estimate of drug-likeness (QED) is 0.223. The summed E-state index contributed by atoms with van der Waals surface area (Å²) in [6, 6.07) is 4.41. The average molecular weight is 472 g/mol. The number of aliphatic hydroxyl groups excluding tert-OH is 1. The molecule has 0 radical (unpaired) electrons. The van der Waals surface area contributed by atoms with E-state index in [2.05, 4.69) is 0 Å². The SMILES string of the molecule is CCOCO[C@H]1C[C@](O)(C(=O)CO)Cc2c(O)c3c(c(O)c21)C(=O)c1c(OC)cccc1C3=O. The van der Waals surface area contributed by atoms with E-state index < -0.39 is 64.7 Å². The van der Waals surface area contributed by atoms with Crippen molar-refractivity contribution in [2.45, 2.75) is 31.5 Å². The molecule has 180 valence electrons. The molecule has 2 aromatic carbocycles. The van der Waals surface area contributed by atoms with Crippen molar-refractivity contribution in [2.24, 2.45) is 0 Å². The van der Waals surface area contributed by atoms with Gasteiger partial charge in [-0.1, -0.05) is 12.1 Å². The molecule has 2 aliphatic rings. The van der Waals surface area contributed by atoms with Gasteiger partial charge in [-0.2, -0.15) is 0 Å². The van der Waals surface area contributed by atoms with Crippen LogP contribution in [0.15, 0.2) is 18.2 Å². The maximum Gasteiger partial charge on any atom is 0.202 e. The van der Waals surface area contributed by atoms with Crippen LogP contribution in [0.3, 0.4) is 0 Å². The van der Waals surface area contributed by atoms with Crippen LogP contribution >= 0.6 is 0 Å². The third-order valence-electron chi connectivity index (χ3n) is 6.30. The van der Waals surface area contributed by atoms with Crippen molar-refractivity contribution in [3.8, 4) is 17.2 Å². The monoisotopic (exact) mass is 472 g/mol. The normalized spacial score (nSPS) is 21.0. The van der Waals surface area contributed by atoms with Gasteiger partial charge in [0, 0.05) is 36.1 Å². The van der Waals surface area contributed by atoms with E-state index >= 15 is 0 Å². The Labute approximate surface area is 194 Å². The maximum absolute atomic E-state index is 13.4. The summed E-state index contributed by atoms with van der Waals surface area (Å²) in [6.07, 6.45) is -2.07. The first-order chi connectivity index (χ1) is 16.2. The average Bonchev–Trinajstić information content (AvgIpc) is 2.83. The lowest BCUT2D eigenvalue weighted by Crippen LogP contribution is -2.47. The molecule has 2 atom stereocenters. The minimum atomic E-state index is -2.14. The summed E-state index contributed by atoms with van der Waals surface area (Å²) in [4.78, 5) is 39.1. The third kappa shape index (κ3) is 3.46. The fraction of sp³-hybridized carbons (Fsp3) is 0.375. The van der Waals surface area contributed by atoms with Crippen molar-refractivity contribution < 1.29 is 49.0 Å². The number of carbonyl (C=O) groups excluding carboxylic acids is 3. The van der Waals surface area contributed by atoms with Gasteiger partial charge in [0.05, 0.1) is 29.9 Å². The molecule has 0 unspecified atom stereocenters. The highest BCUT2D eigenvalue weighted by Crippen LogP contribution is 2.51. The lowest BCUT2D eigenvalue weighted by atomic mass is 9.72. The molecule has 2 aromatic rings. The zero-order chi connectivity index (χ0) is 24.8. The van der Waals surface area contributed by atoms with E-state index in [0.717, 1.165) is 0 Å². The molecule has 0 saturated heterocycles. The Hall–Kier alpha value is -3.31. The van der Waals surface area contributed by atoms with E-state index in [0.29, 0.717) is 6.61 Å². The van der Waals surface area contributed by atoms with Gasteiger partial charge in [-0.3, -0.25) is 14.4 Å². The van der Waals surface area contributed by atoms with Gasteiger partial charge in [0.1, 0.15) is 36.2 Å². The van der Waals surface area contributed by atoms with Crippen molar-refractivity contribution in [1.29, 1.82) is 0 Å². The topological polar surface area (TPSA) is 160 Å². The Morgan fingerprint density at radius 2 is 1.82 bits per heavy atom. The number of Topliss-reactive ketones (excluding diaryl/α,β-unsaturated/α-hetero) is 1. The van der Waals surface area contributed by atoms with Crippen LogP contribution in [0.4, 0.5) is 0 Å². The molecule has 34 heavy (non-hydrogen) atoms. The molecule has 0 fully saturated rings. The molecule has 10 heteroatoms. The Morgan fingerprint density at radius 1 is 1.12 bits per heavy atom. The van der Waals surface area contributed by atoms with E-state index in [-0.39, 0.29) is 41.2 Å². The molecule has 0 aromatic heterocycles. The number of fused-ring (bicyclic) bond motifs is 3. The Morgan fingerprint density at radius 3 is 2.47 bits per heavy atom. The molecule has 4 rings (SSSR count). The van der Waals surface area contributed by atoms with Gasteiger partial charge in [0.2, 0.25) is 5.78 Å². The summed E-state index contributed by atoms with van der Waals surface area (Å²) in [5.41, 5.74) is -3.22. The van der Waals surface area contributed by atoms with E-state index in [1.165, 1.54) is 25.3 Å². The predicted molar refractivity (Wildman–Crippen MR) is 115 cm³/mol. The van der Waals surface area contributed by atoms with E-state index in [4.69, 9.17) is 14.2 Å². The van der Waals surface area contributed by atoms with Gasteiger partial charge in [-0.25, -0.2) is 0 Å². The van der Waals surface area contributed by atoms with Crippen molar-refractivity contribution >= 4 is 17.3 Å². The number of carbonyl (C=O) groups is 3. The summed E-state index contributed by atoms with van der Waals surface area (Å²) in [5.74, 6) is -3.49. The van der Waals surface area contributed by atoms with Crippen LogP contribution < -0.4 is 4.74 Å². The summed E-state index contributed by atoms with van der Waals surface area (Å²) in [5, 5.41) is 42.7. The van der Waals surface area contributed by atoms with Crippen LogP contribution in [0.1, 0.15) is 62.4 Å². The molecule has 10 nitrogen and oxygen atoms in total. The van der Waals surface area contributed by atoms with Gasteiger partial charge >= 0.3 is 0 Å². The number of rotatable bonds is 7. The fourth-order valence-corrected chi connectivity index (χ4v) is 4.63. The Bertz CT molecular complexity index is 1200. The number of aliphatic hydroxyl groups is 2. The summed E-state index contributed by atoms with van der Waals surface area (Å²) in [6.45, 7) is 0.778. The number of phenols is 2. The summed E-state index contributed by atoms with van der Waals surface area (Å²) >= 11 is 0. The van der Waals surface area contributed by atoms with Crippen LogP contribution in [-0.4, -0.2) is 70.5 Å². The number of methoxy groups -OCH3 is 1.